The lowest BCUT2D eigenvalue weighted by Crippen LogP contribution is -2.32. The number of aromatic nitrogens is 4. The molecule has 1 aromatic carbocycles. The summed E-state index contributed by atoms with van der Waals surface area (Å²) >= 11 is 1.42. The molecule has 1 aromatic heterocycles. The maximum atomic E-state index is 12.8. The van der Waals surface area contributed by atoms with E-state index in [1.54, 1.807) is 0 Å². The minimum atomic E-state index is 0.0726. The first kappa shape index (κ1) is 19.0. The van der Waals surface area contributed by atoms with E-state index < -0.39 is 0 Å². The van der Waals surface area contributed by atoms with Crippen molar-refractivity contribution in [2.24, 2.45) is 0 Å². The number of amides is 1. The molecule has 2 aromatic rings. The van der Waals surface area contributed by atoms with Crippen LogP contribution in [0, 0.1) is 0 Å². The zero-order chi connectivity index (χ0) is 19.3. The summed E-state index contributed by atoms with van der Waals surface area (Å²) in [7, 11) is 0. The number of rotatable bonds is 7. The zero-order valence-corrected chi connectivity index (χ0v) is 16.9. The van der Waals surface area contributed by atoms with E-state index in [-0.39, 0.29) is 5.91 Å². The van der Waals surface area contributed by atoms with E-state index in [2.05, 4.69) is 15.5 Å². The van der Waals surface area contributed by atoms with Crippen LogP contribution in [-0.4, -0.2) is 56.5 Å². The van der Waals surface area contributed by atoms with Crippen molar-refractivity contribution >= 4 is 17.7 Å². The summed E-state index contributed by atoms with van der Waals surface area (Å²) in [5, 5.41) is 12.8. The maximum absolute atomic E-state index is 12.8. The number of ether oxygens (including phenoxy) is 2. The average molecular weight is 404 g/mol. The molecule has 0 radical (unpaired) electrons. The fourth-order valence-corrected chi connectivity index (χ4v) is 4.51. The Morgan fingerprint density at radius 2 is 2.04 bits per heavy atom. The van der Waals surface area contributed by atoms with Gasteiger partial charge in [-0.3, -0.25) is 4.79 Å². The van der Waals surface area contributed by atoms with Gasteiger partial charge in [-0.2, -0.15) is 0 Å². The summed E-state index contributed by atoms with van der Waals surface area (Å²) in [6, 6.07) is 6.22. The third-order valence-electron chi connectivity index (χ3n) is 5.17. The molecule has 150 valence electrons. The molecule has 9 heteroatoms. The van der Waals surface area contributed by atoms with Gasteiger partial charge in [0.2, 0.25) is 11.1 Å². The van der Waals surface area contributed by atoms with E-state index in [9.17, 15) is 4.79 Å². The summed E-state index contributed by atoms with van der Waals surface area (Å²) in [6.45, 7) is 4.30. The zero-order valence-electron chi connectivity index (χ0n) is 16.0. The van der Waals surface area contributed by atoms with Crippen molar-refractivity contribution in [2.75, 3.05) is 25.5 Å². The lowest BCUT2D eigenvalue weighted by molar-refractivity contribution is -0.128. The second kappa shape index (κ2) is 8.81. The fraction of sp³-hybridized carbons (Fsp3) is 0.579. The lowest BCUT2D eigenvalue weighted by Gasteiger charge is -2.23. The van der Waals surface area contributed by atoms with Crippen LogP contribution in [0.15, 0.2) is 23.4 Å². The fourth-order valence-electron chi connectivity index (χ4n) is 3.66. The van der Waals surface area contributed by atoms with Crippen LogP contribution in [0.3, 0.4) is 0 Å². The van der Waals surface area contributed by atoms with Gasteiger partial charge in [0, 0.05) is 13.1 Å². The largest absolute Gasteiger partial charge is 0.486 e. The van der Waals surface area contributed by atoms with E-state index in [4.69, 9.17) is 9.47 Å². The van der Waals surface area contributed by atoms with Gasteiger partial charge in [0.05, 0.1) is 11.8 Å². The first-order valence-corrected chi connectivity index (χ1v) is 10.8. The molecule has 0 spiro atoms. The third-order valence-corrected chi connectivity index (χ3v) is 6.09. The number of nitrogens with zero attached hydrogens (tertiary/aromatic N) is 5. The van der Waals surface area contributed by atoms with Crippen LogP contribution < -0.4 is 9.47 Å². The number of hydrogen-bond donors (Lipinski definition) is 0. The molecular weight excluding hydrogens is 378 g/mol. The summed E-state index contributed by atoms with van der Waals surface area (Å²) < 4.78 is 13.1. The summed E-state index contributed by atoms with van der Waals surface area (Å²) in [4.78, 5) is 14.6. The minimum Gasteiger partial charge on any atom is -0.486 e. The number of carbonyl (C=O) groups excluding carboxylic acids is 1. The van der Waals surface area contributed by atoms with E-state index in [1.807, 2.05) is 34.7 Å². The highest BCUT2D eigenvalue weighted by molar-refractivity contribution is 7.99. The summed E-state index contributed by atoms with van der Waals surface area (Å²) in [5.74, 6) is 1.91. The van der Waals surface area contributed by atoms with Gasteiger partial charge in [-0.1, -0.05) is 30.7 Å². The Bertz CT molecular complexity index is 822. The van der Waals surface area contributed by atoms with Crippen LogP contribution in [0.25, 0.3) is 0 Å². The lowest BCUT2D eigenvalue weighted by atomic mass is 10.2. The topological polar surface area (TPSA) is 82.4 Å². The van der Waals surface area contributed by atoms with Crippen molar-refractivity contribution in [1.29, 1.82) is 0 Å². The van der Waals surface area contributed by atoms with Crippen LogP contribution in [-0.2, 0) is 11.3 Å². The van der Waals surface area contributed by atoms with Crippen molar-refractivity contribution in [3.05, 3.63) is 23.8 Å². The van der Waals surface area contributed by atoms with Crippen LogP contribution >= 0.6 is 11.8 Å². The normalized spacial score (nSPS) is 16.3. The van der Waals surface area contributed by atoms with Gasteiger partial charge in [-0.05, 0) is 47.9 Å². The molecule has 0 bridgehead atoms. The third kappa shape index (κ3) is 4.24. The second-order valence-electron chi connectivity index (χ2n) is 7.02. The van der Waals surface area contributed by atoms with Gasteiger partial charge >= 0.3 is 0 Å². The molecule has 1 aliphatic carbocycles. The van der Waals surface area contributed by atoms with E-state index in [0.29, 0.717) is 38.1 Å². The monoisotopic (exact) mass is 403 g/mol. The smallest absolute Gasteiger partial charge is 0.233 e. The van der Waals surface area contributed by atoms with Crippen molar-refractivity contribution < 1.29 is 14.3 Å². The van der Waals surface area contributed by atoms with Crippen LogP contribution in [0.2, 0.25) is 0 Å². The molecule has 0 saturated heterocycles. The molecular formula is C19H25N5O3S. The van der Waals surface area contributed by atoms with Crippen LogP contribution in [0.1, 0.15) is 44.2 Å². The number of fused-ring (bicyclic) bond motifs is 1. The Morgan fingerprint density at radius 3 is 2.82 bits per heavy atom. The second-order valence-corrected chi connectivity index (χ2v) is 7.96. The van der Waals surface area contributed by atoms with Gasteiger partial charge < -0.3 is 14.4 Å². The highest BCUT2D eigenvalue weighted by atomic mass is 32.2. The van der Waals surface area contributed by atoms with Crippen molar-refractivity contribution in [1.82, 2.24) is 25.1 Å². The highest BCUT2D eigenvalue weighted by Crippen LogP contribution is 2.32. The number of tetrazole rings is 1. The molecule has 1 fully saturated rings. The Morgan fingerprint density at radius 1 is 1.25 bits per heavy atom. The Hall–Kier alpha value is -2.29. The Balaban J connectivity index is 1.36. The summed E-state index contributed by atoms with van der Waals surface area (Å²) in [6.07, 6.45) is 4.65. The van der Waals surface area contributed by atoms with Crippen molar-refractivity contribution in [2.45, 2.75) is 50.4 Å². The van der Waals surface area contributed by atoms with Crippen molar-refractivity contribution in [3.63, 3.8) is 0 Å². The van der Waals surface area contributed by atoms with Crippen molar-refractivity contribution in [3.8, 4) is 11.5 Å². The Labute approximate surface area is 168 Å². The first-order valence-electron chi connectivity index (χ1n) is 9.81. The molecule has 2 aliphatic rings. The molecule has 28 heavy (non-hydrogen) atoms. The molecule has 8 nitrogen and oxygen atoms in total. The predicted molar refractivity (Wildman–Crippen MR) is 105 cm³/mol. The number of benzene rings is 1. The molecule has 0 N–H and O–H groups in total. The van der Waals surface area contributed by atoms with Crippen LogP contribution in [0.5, 0.6) is 11.5 Å². The van der Waals surface area contributed by atoms with Gasteiger partial charge in [0.1, 0.15) is 13.2 Å². The number of thioether (sulfide) groups is 1. The molecule has 1 amide bonds. The number of carbonyl (C=O) groups is 1. The van der Waals surface area contributed by atoms with E-state index in [1.165, 1.54) is 24.6 Å². The van der Waals surface area contributed by atoms with Gasteiger partial charge in [-0.15, -0.1) is 5.10 Å². The standard InChI is InChI=1S/C19H25N5O3S/c1-2-23(12-14-7-8-16-17(11-14)27-10-9-26-16)18(25)13-28-19-20-21-22-24(19)15-5-3-4-6-15/h7-8,11,15H,2-6,9-10,12-13H2,1H3. The maximum Gasteiger partial charge on any atom is 0.233 e. The highest BCUT2D eigenvalue weighted by Gasteiger charge is 2.23. The number of hydrogen-bond acceptors (Lipinski definition) is 7. The molecule has 4 rings (SSSR count). The SMILES string of the molecule is CCN(Cc1ccc2c(c1)OCCO2)C(=O)CSc1nnnn1C1CCCC1. The summed E-state index contributed by atoms with van der Waals surface area (Å²) in [5.41, 5.74) is 1.03. The molecule has 1 saturated carbocycles. The van der Waals surface area contributed by atoms with E-state index >= 15 is 0 Å². The quantitative estimate of drug-likeness (QED) is 0.657. The first-order chi connectivity index (χ1) is 13.7. The van der Waals surface area contributed by atoms with E-state index in [0.717, 1.165) is 35.1 Å². The van der Waals surface area contributed by atoms with Gasteiger partial charge in [0.25, 0.3) is 0 Å². The van der Waals surface area contributed by atoms with Gasteiger partial charge in [-0.25, -0.2) is 4.68 Å². The predicted octanol–water partition coefficient (Wildman–Crippen LogP) is 2.70. The molecule has 0 atom stereocenters. The molecule has 1 aliphatic heterocycles. The van der Waals surface area contributed by atoms with Gasteiger partial charge in [0.15, 0.2) is 11.5 Å². The molecule has 2 heterocycles. The molecule has 0 unspecified atom stereocenters. The van der Waals surface area contributed by atoms with Crippen LogP contribution in [0.4, 0.5) is 0 Å². The minimum absolute atomic E-state index is 0.0726. The Kier molecular flexibility index (Phi) is 5.99. The average Bonchev–Trinajstić information content (AvgIpc) is 3.41.